The van der Waals surface area contributed by atoms with Crippen LogP contribution in [0.15, 0.2) is 22.4 Å². The van der Waals surface area contributed by atoms with Crippen LogP contribution in [0.5, 0.6) is 0 Å². The van der Waals surface area contributed by atoms with Crippen molar-refractivity contribution in [2.45, 2.75) is 24.0 Å². The molecule has 0 aromatic carbocycles. The van der Waals surface area contributed by atoms with Crippen molar-refractivity contribution in [3.8, 4) is 0 Å². The zero-order chi connectivity index (χ0) is 14.7. The zero-order valence-electron chi connectivity index (χ0n) is 10.7. The number of aromatic nitrogens is 4. The summed E-state index contributed by atoms with van der Waals surface area (Å²) < 4.78 is 0. The van der Waals surface area contributed by atoms with Crippen molar-refractivity contribution in [1.82, 2.24) is 19.9 Å². The molecule has 2 heterocycles. The number of hydrogen-bond donors (Lipinski definition) is 2. The molecule has 9 nitrogen and oxygen atoms in total. The fourth-order valence-electron chi connectivity index (χ4n) is 1.46. The highest BCUT2D eigenvalue weighted by Crippen LogP contribution is 2.31. The van der Waals surface area contributed by atoms with Gasteiger partial charge in [-0.25, -0.2) is 20.8 Å². The van der Waals surface area contributed by atoms with Crippen molar-refractivity contribution in [3.05, 3.63) is 33.8 Å². The second-order valence-corrected chi connectivity index (χ2v) is 4.78. The smallest absolute Gasteiger partial charge is 0.292 e. The van der Waals surface area contributed by atoms with Crippen LogP contribution in [-0.4, -0.2) is 24.9 Å². The molecule has 0 fully saturated rings. The van der Waals surface area contributed by atoms with Gasteiger partial charge in [-0.3, -0.25) is 15.5 Å². The molecule has 0 aliphatic carbocycles. The average Bonchev–Trinajstić information content (AvgIpc) is 2.37. The van der Waals surface area contributed by atoms with E-state index < -0.39 is 4.92 Å². The Hall–Kier alpha value is -2.33. The standard InChI is InChI=1S/C10H11N7O2S/c1-5-3-6(2)14-10(13-5)20-8-7(17(18)19)4-12-9(15-8)16-11/h3-4H,11H2,1-2H3,(H,12,15,16). The van der Waals surface area contributed by atoms with Gasteiger partial charge in [0, 0.05) is 11.4 Å². The van der Waals surface area contributed by atoms with Crippen LogP contribution in [0.3, 0.4) is 0 Å². The van der Waals surface area contributed by atoms with Crippen LogP contribution in [0.25, 0.3) is 0 Å². The third kappa shape index (κ3) is 3.16. The number of anilines is 1. The Balaban J connectivity index is 2.42. The number of nitrogen functional groups attached to an aromatic ring is 1. The summed E-state index contributed by atoms with van der Waals surface area (Å²) in [4.78, 5) is 26.5. The minimum absolute atomic E-state index is 0.0856. The van der Waals surface area contributed by atoms with E-state index >= 15 is 0 Å². The quantitative estimate of drug-likeness (QED) is 0.280. The molecule has 0 aliphatic rings. The van der Waals surface area contributed by atoms with E-state index in [2.05, 4.69) is 25.4 Å². The van der Waals surface area contributed by atoms with E-state index in [0.717, 1.165) is 29.3 Å². The van der Waals surface area contributed by atoms with Crippen LogP contribution in [0.4, 0.5) is 11.6 Å². The number of nitrogens with two attached hydrogens (primary N) is 1. The van der Waals surface area contributed by atoms with Gasteiger partial charge in [0.15, 0.2) is 10.2 Å². The topological polar surface area (TPSA) is 133 Å². The van der Waals surface area contributed by atoms with Gasteiger partial charge in [0.2, 0.25) is 5.95 Å². The van der Waals surface area contributed by atoms with Crippen molar-refractivity contribution in [1.29, 1.82) is 0 Å². The van der Waals surface area contributed by atoms with Crippen LogP contribution >= 0.6 is 11.8 Å². The van der Waals surface area contributed by atoms with Gasteiger partial charge in [0.05, 0.1) is 4.92 Å². The molecule has 0 bridgehead atoms. The second kappa shape index (κ2) is 5.75. The van der Waals surface area contributed by atoms with E-state index in [9.17, 15) is 10.1 Å². The molecular formula is C10H11N7O2S. The molecular weight excluding hydrogens is 282 g/mol. The van der Waals surface area contributed by atoms with E-state index in [1.807, 2.05) is 19.9 Å². The van der Waals surface area contributed by atoms with Crippen LogP contribution < -0.4 is 11.3 Å². The summed E-state index contributed by atoms with van der Waals surface area (Å²) in [6, 6.07) is 1.81. The van der Waals surface area contributed by atoms with Gasteiger partial charge in [-0.15, -0.1) is 0 Å². The Bertz CT molecular complexity index is 644. The maximum atomic E-state index is 11.0. The first-order valence-electron chi connectivity index (χ1n) is 5.48. The molecule has 2 aromatic rings. The van der Waals surface area contributed by atoms with E-state index in [4.69, 9.17) is 5.84 Å². The zero-order valence-corrected chi connectivity index (χ0v) is 11.5. The number of rotatable bonds is 4. The Kier molecular flexibility index (Phi) is 4.05. The minimum atomic E-state index is -0.564. The predicted octanol–water partition coefficient (Wildman–Crippen LogP) is 1.23. The summed E-state index contributed by atoms with van der Waals surface area (Å²) in [6.07, 6.45) is 1.09. The lowest BCUT2D eigenvalue weighted by Gasteiger charge is -2.04. The van der Waals surface area contributed by atoms with E-state index in [1.165, 1.54) is 0 Å². The lowest BCUT2D eigenvalue weighted by molar-refractivity contribution is -0.388. The van der Waals surface area contributed by atoms with Gasteiger partial charge in [-0.2, -0.15) is 4.98 Å². The van der Waals surface area contributed by atoms with Crippen LogP contribution in [0, 0.1) is 24.0 Å². The number of nitro groups is 1. The summed E-state index contributed by atoms with van der Waals surface area (Å²) in [5, 5.41) is 11.5. The van der Waals surface area contributed by atoms with Gasteiger partial charge < -0.3 is 0 Å². The van der Waals surface area contributed by atoms with E-state index in [1.54, 1.807) is 0 Å². The summed E-state index contributed by atoms with van der Waals surface area (Å²) in [5.74, 6) is 5.29. The number of aryl methyl sites for hydroxylation is 2. The summed E-state index contributed by atoms with van der Waals surface area (Å²) in [7, 11) is 0. The SMILES string of the molecule is Cc1cc(C)nc(Sc2nc(NN)ncc2[N+](=O)[O-])n1. The highest BCUT2D eigenvalue weighted by Gasteiger charge is 2.19. The normalized spacial score (nSPS) is 10.3. The molecule has 104 valence electrons. The molecule has 2 aromatic heterocycles. The van der Waals surface area contributed by atoms with Crippen molar-refractivity contribution < 1.29 is 4.92 Å². The summed E-state index contributed by atoms with van der Waals surface area (Å²) in [6.45, 7) is 3.64. The lowest BCUT2D eigenvalue weighted by atomic mass is 10.4. The first-order chi connectivity index (χ1) is 9.49. The number of hydrogen-bond acceptors (Lipinski definition) is 9. The Morgan fingerprint density at radius 1 is 1.30 bits per heavy atom. The van der Waals surface area contributed by atoms with Gasteiger partial charge in [-0.05, 0) is 31.7 Å². The fraction of sp³-hybridized carbons (Fsp3) is 0.200. The van der Waals surface area contributed by atoms with Crippen molar-refractivity contribution >= 4 is 23.4 Å². The summed E-state index contributed by atoms with van der Waals surface area (Å²) >= 11 is 0.990. The van der Waals surface area contributed by atoms with Gasteiger partial charge in [-0.1, -0.05) is 0 Å². The Morgan fingerprint density at radius 2 is 1.95 bits per heavy atom. The van der Waals surface area contributed by atoms with Gasteiger partial charge >= 0.3 is 5.69 Å². The maximum absolute atomic E-state index is 11.0. The van der Waals surface area contributed by atoms with Crippen LogP contribution in [-0.2, 0) is 0 Å². The highest BCUT2D eigenvalue weighted by molar-refractivity contribution is 7.99. The molecule has 3 N–H and O–H groups in total. The highest BCUT2D eigenvalue weighted by atomic mass is 32.2. The van der Waals surface area contributed by atoms with Crippen LogP contribution in [0.2, 0.25) is 0 Å². The molecule has 0 radical (unpaired) electrons. The van der Waals surface area contributed by atoms with Gasteiger partial charge in [0.1, 0.15) is 6.20 Å². The number of nitrogens with one attached hydrogen (secondary N) is 1. The monoisotopic (exact) mass is 293 g/mol. The molecule has 20 heavy (non-hydrogen) atoms. The number of nitrogens with zero attached hydrogens (tertiary/aromatic N) is 5. The first kappa shape index (κ1) is 14.1. The molecule has 0 saturated carbocycles. The molecule has 2 rings (SSSR count). The third-order valence-electron chi connectivity index (χ3n) is 2.21. The maximum Gasteiger partial charge on any atom is 0.320 e. The largest absolute Gasteiger partial charge is 0.320 e. The van der Waals surface area contributed by atoms with E-state index in [-0.39, 0.29) is 16.7 Å². The number of hydrazine groups is 1. The molecule has 0 amide bonds. The lowest BCUT2D eigenvalue weighted by Crippen LogP contribution is -2.11. The first-order valence-corrected chi connectivity index (χ1v) is 6.29. The third-order valence-corrected chi connectivity index (χ3v) is 3.07. The molecule has 0 unspecified atom stereocenters. The summed E-state index contributed by atoms with van der Waals surface area (Å²) in [5.41, 5.74) is 3.56. The van der Waals surface area contributed by atoms with Crippen molar-refractivity contribution in [2.24, 2.45) is 5.84 Å². The van der Waals surface area contributed by atoms with E-state index in [0.29, 0.717) is 5.16 Å². The molecule has 0 aliphatic heterocycles. The van der Waals surface area contributed by atoms with Gasteiger partial charge in [0.25, 0.3) is 0 Å². The fourth-order valence-corrected chi connectivity index (χ4v) is 2.37. The molecule has 10 heteroatoms. The van der Waals surface area contributed by atoms with Crippen molar-refractivity contribution in [3.63, 3.8) is 0 Å². The predicted molar refractivity (Wildman–Crippen MR) is 72.1 cm³/mol. The molecule has 0 spiro atoms. The molecule has 0 atom stereocenters. The van der Waals surface area contributed by atoms with Crippen LogP contribution in [0.1, 0.15) is 11.4 Å². The Morgan fingerprint density at radius 3 is 2.50 bits per heavy atom. The second-order valence-electron chi connectivity index (χ2n) is 3.82. The Labute approximate surface area is 118 Å². The average molecular weight is 293 g/mol. The van der Waals surface area contributed by atoms with Crippen molar-refractivity contribution in [2.75, 3.05) is 5.43 Å². The molecule has 0 saturated heterocycles. The minimum Gasteiger partial charge on any atom is -0.292 e.